The lowest BCUT2D eigenvalue weighted by Crippen LogP contribution is -2.50. The third-order valence-corrected chi connectivity index (χ3v) is 8.20. The molecule has 0 saturated heterocycles. The number of carbonyl (C=O) groups is 5. The van der Waals surface area contributed by atoms with Crippen LogP contribution in [0.15, 0.2) is 36.4 Å². The fourth-order valence-electron chi connectivity index (χ4n) is 3.53. The molecule has 0 spiro atoms. The van der Waals surface area contributed by atoms with E-state index in [1.54, 1.807) is 6.07 Å². The molecule has 0 radical (unpaired) electrons. The second-order valence-electron chi connectivity index (χ2n) is 8.35. The van der Waals surface area contributed by atoms with Gasteiger partial charge in [-0.05, 0) is 30.7 Å². The van der Waals surface area contributed by atoms with E-state index in [2.05, 4.69) is 15.6 Å². The minimum absolute atomic E-state index is 0.0571. The van der Waals surface area contributed by atoms with Gasteiger partial charge in [0.25, 0.3) is 0 Å². The molecule has 198 valence electrons. The summed E-state index contributed by atoms with van der Waals surface area (Å²) in [7, 11) is 0. The fourth-order valence-corrected chi connectivity index (χ4v) is 6.08. The summed E-state index contributed by atoms with van der Waals surface area (Å²) in [6.45, 7) is -0.681. The normalized spacial score (nSPS) is 20.8. The Morgan fingerprint density at radius 2 is 1.97 bits per heavy atom. The molecule has 0 saturated carbocycles. The number of carboxylic acid groups (broad SMARTS) is 2. The molecule has 12 nitrogen and oxygen atoms in total. The lowest BCUT2D eigenvalue weighted by Gasteiger charge is -2.34. The minimum atomic E-state index is -1.62. The molecular formula is C23H26N4O8S2. The summed E-state index contributed by atoms with van der Waals surface area (Å²) in [6.07, 6.45) is 2.16. The zero-order valence-electron chi connectivity index (χ0n) is 19.5. The molecule has 1 aliphatic rings. The van der Waals surface area contributed by atoms with Crippen molar-refractivity contribution in [1.29, 1.82) is 0 Å². The number of hydrogen-bond donors (Lipinski definition) is 6. The largest absolute Gasteiger partial charge is 0.480 e. The first-order valence-electron chi connectivity index (χ1n) is 11.2. The van der Waals surface area contributed by atoms with E-state index in [1.165, 1.54) is 23.5 Å². The third kappa shape index (κ3) is 7.35. The standard InChI is InChI=1S/C23H26N4O8S2/c24-13(21(33)34)5-6-18(29)26-15(20(32)25-10-19(30)31)11-36-17-9-12(28)7-8-23(17,35)22-27-14-3-1-2-4-16(14)37-22/h1-4,7-8,13,15,17,35H,5-6,9-11,24H2,(H,25,32)(H,26,29)(H,30,31)(H,33,34). The van der Waals surface area contributed by atoms with Crippen LogP contribution < -0.4 is 16.4 Å². The quantitative estimate of drug-likeness (QED) is 0.207. The lowest BCUT2D eigenvalue weighted by atomic mass is 9.90. The van der Waals surface area contributed by atoms with E-state index >= 15 is 0 Å². The number of thioether (sulfide) groups is 1. The van der Waals surface area contributed by atoms with E-state index < -0.39 is 53.2 Å². The maximum absolute atomic E-state index is 12.6. The average molecular weight is 551 g/mol. The van der Waals surface area contributed by atoms with Gasteiger partial charge in [-0.25, -0.2) is 4.98 Å². The van der Waals surface area contributed by atoms with Crippen molar-refractivity contribution in [3.8, 4) is 0 Å². The summed E-state index contributed by atoms with van der Waals surface area (Å²) in [5, 5.41) is 33.6. The zero-order chi connectivity index (χ0) is 27.2. The Morgan fingerprint density at radius 1 is 1.24 bits per heavy atom. The summed E-state index contributed by atoms with van der Waals surface area (Å²) in [5.41, 5.74) is 4.48. The van der Waals surface area contributed by atoms with Crippen LogP contribution in [0.25, 0.3) is 10.2 Å². The molecule has 0 aliphatic heterocycles. The van der Waals surface area contributed by atoms with Gasteiger partial charge in [0.05, 0.1) is 15.5 Å². The molecule has 4 atom stereocenters. The number of nitrogens with zero attached hydrogens (tertiary/aromatic N) is 1. The molecule has 0 fully saturated rings. The maximum atomic E-state index is 12.6. The number of amides is 2. The average Bonchev–Trinajstić information content (AvgIpc) is 3.30. The lowest BCUT2D eigenvalue weighted by molar-refractivity contribution is -0.139. The van der Waals surface area contributed by atoms with Crippen molar-refractivity contribution >= 4 is 62.9 Å². The number of ketones is 1. The van der Waals surface area contributed by atoms with Crippen molar-refractivity contribution in [3.05, 3.63) is 41.4 Å². The van der Waals surface area contributed by atoms with Gasteiger partial charge < -0.3 is 31.7 Å². The number of allylic oxidation sites excluding steroid dienone is 1. The van der Waals surface area contributed by atoms with Crippen LogP contribution in [0, 0.1) is 0 Å². The Labute approximate surface area is 219 Å². The summed E-state index contributed by atoms with van der Waals surface area (Å²) in [6, 6.07) is 4.82. The number of nitrogens with two attached hydrogens (primary N) is 1. The van der Waals surface area contributed by atoms with Crippen LogP contribution in [0.1, 0.15) is 24.3 Å². The van der Waals surface area contributed by atoms with Crippen molar-refractivity contribution in [2.24, 2.45) is 5.73 Å². The van der Waals surface area contributed by atoms with Crippen LogP contribution in [0.4, 0.5) is 0 Å². The van der Waals surface area contributed by atoms with Crippen molar-refractivity contribution in [1.82, 2.24) is 15.6 Å². The summed E-state index contributed by atoms with van der Waals surface area (Å²) < 4.78 is 0.845. The van der Waals surface area contributed by atoms with Crippen LogP contribution >= 0.6 is 23.1 Å². The number of aliphatic carboxylic acids is 2. The molecule has 1 aliphatic carbocycles. The Bertz CT molecular complexity index is 1200. The molecule has 3 rings (SSSR count). The van der Waals surface area contributed by atoms with Gasteiger partial charge in [-0.2, -0.15) is 11.8 Å². The number of aromatic nitrogens is 1. The number of nitrogens with one attached hydrogen (secondary N) is 2. The zero-order valence-corrected chi connectivity index (χ0v) is 21.1. The highest BCUT2D eigenvalue weighted by atomic mass is 32.2. The fraction of sp³-hybridized carbons (Fsp3) is 0.391. The molecule has 1 aromatic carbocycles. The SMILES string of the molecule is NC(CCC(=O)NC(CSC1CC(=O)C=CC1(O)c1nc2ccccc2s1)C(=O)NCC(=O)O)C(=O)O. The third-order valence-electron chi connectivity index (χ3n) is 5.57. The molecule has 1 aromatic heterocycles. The van der Waals surface area contributed by atoms with Gasteiger partial charge in [0.2, 0.25) is 11.8 Å². The van der Waals surface area contributed by atoms with E-state index in [9.17, 15) is 29.1 Å². The Kier molecular flexibility index (Phi) is 9.37. The molecule has 1 heterocycles. The van der Waals surface area contributed by atoms with E-state index in [0.717, 1.165) is 16.5 Å². The van der Waals surface area contributed by atoms with Gasteiger partial charge in [0.15, 0.2) is 5.78 Å². The van der Waals surface area contributed by atoms with E-state index in [-0.39, 0.29) is 30.8 Å². The molecule has 0 bridgehead atoms. The molecule has 37 heavy (non-hydrogen) atoms. The number of aliphatic hydroxyl groups is 1. The van der Waals surface area contributed by atoms with Crippen LogP contribution in [0.2, 0.25) is 0 Å². The molecule has 2 amide bonds. The predicted octanol–water partition coefficient (Wildman–Crippen LogP) is -0.00760. The van der Waals surface area contributed by atoms with Crippen molar-refractivity contribution in [2.75, 3.05) is 12.3 Å². The van der Waals surface area contributed by atoms with E-state index in [1.807, 2.05) is 18.2 Å². The van der Waals surface area contributed by atoms with Gasteiger partial charge in [-0.15, -0.1) is 11.3 Å². The maximum Gasteiger partial charge on any atom is 0.322 e. The van der Waals surface area contributed by atoms with Crippen molar-refractivity contribution in [3.63, 3.8) is 0 Å². The monoisotopic (exact) mass is 550 g/mol. The van der Waals surface area contributed by atoms with E-state index in [0.29, 0.717) is 10.5 Å². The highest BCUT2D eigenvalue weighted by molar-refractivity contribution is 8.00. The number of rotatable bonds is 12. The number of benzene rings is 1. The number of para-hydroxylation sites is 1. The van der Waals surface area contributed by atoms with Crippen LogP contribution in [0.3, 0.4) is 0 Å². The van der Waals surface area contributed by atoms with Gasteiger partial charge >= 0.3 is 11.9 Å². The van der Waals surface area contributed by atoms with Crippen LogP contribution in [-0.2, 0) is 29.6 Å². The van der Waals surface area contributed by atoms with Crippen molar-refractivity contribution < 1.29 is 39.3 Å². The van der Waals surface area contributed by atoms with E-state index in [4.69, 9.17) is 15.9 Å². The molecule has 2 aromatic rings. The summed E-state index contributed by atoms with van der Waals surface area (Å²) >= 11 is 2.33. The molecular weight excluding hydrogens is 524 g/mol. The predicted molar refractivity (Wildman–Crippen MR) is 136 cm³/mol. The first-order chi connectivity index (χ1) is 17.5. The number of carboxylic acids is 2. The number of fused-ring (bicyclic) bond motifs is 1. The van der Waals surface area contributed by atoms with Gasteiger partial charge in [-0.3, -0.25) is 24.0 Å². The molecule has 7 N–H and O–H groups in total. The smallest absolute Gasteiger partial charge is 0.322 e. The highest BCUT2D eigenvalue weighted by Crippen LogP contribution is 2.42. The minimum Gasteiger partial charge on any atom is -0.480 e. The Hall–Kier alpha value is -3.33. The number of carbonyl (C=O) groups excluding carboxylic acids is 3. The Balaban J connectivity index is 1.77. The van der Waals surface area contributed by atoms with Crippen LogP contribution in [0.5, 0.6) is 0 Å². The van der Waals surface area contributed by atoms with Gasteiger partial charge in [0.1, 0.15) is 29.2 Å². The first-order valence-corrected chi connectivity index (χ1v) is 13.1. The molecule has 14 heteroatoms. The van der Waals surface area contributed by atoms with Crippen LogP contribution in [-0.4, -0.2) is 79.5 Å². The topological polar surface area (TPSA) is 209 Å². The highest BCUT2D eigenvalue weighted by Gasteiger charge is 2.43. The van der Waals surface area contributed by atoms with Crippen molar-refractivity contribution in [2.45, 2.75) is 42.2 Å². The van der Waals surface area contributed by atoms with Gasteiger partial charge in [-0.1, -0.05) is 12.1 Å². The first kappa shape index (κ1) is 28.2. The van der Waals surface area contributed by atoms with Gasteiger partial charge in [0, 0.05) is 18.6 Å². The number of hydrogen-bond acceptors (Lipinski definition) is 10. The summed E-state index contributed by atoms with van der Waals surface area (Å²) in [5.74, 6) is -4.35. The number of thiazole rings is 1. The Morgan fingerprint density at radius 3 is 2.65 bits per heavy atom. The molecule has 4 unspecified atom stereocenters. The second-order valence-corrected chi connectivity index (χ2v) is 10.6. The summed E-state index contributed by atoms with van der Waals surface area (Å²) in [4.78, 5) is 63.5. The second kappa shape index (κ2) is 12.3.